The number of Topliss-reactive ketones (excluding diaryl/α,β-unsaturated/α-hetero) is 1. The van der Waals surface area contributed by atoms with E-state index in [1.54, 1.807) is 0 Å². The number of epoxide rings is 1. The van der Waals surface area contributed by atoms with Crippen LogP contribution in [0.1, 0.15) is 25.3 Å². The molecule has 1 N–H and O–H groups in total. The SMILES string of the molecule is CC1OC1(C)C(=O)C1=NNCC1c1ccc(Cl)cc1. The molecule has 1 saturated heterocycles. The maximum atomic E-state index is 12.5. The van der Waals surface area contributed by atoms with Crippen molar-refractivity contribution in [2.45, 2.75) is 31.5 Å². The monoisotopic (exact) mass is 278 g/mol. The molecule has 0 saturated carbocycles. The van der Waals surface area contributed by atoms with Crippen molar-refractivity contribution < 1.29 is 9.53 Å². The minimum absolute atomic E-state index is 0.0232. The van der Waals surface area contributed by atoms with Crippen LogP contribution in [-0.2, 0) is 9.53 Å². The molecule has 100 valence electrons. The Morgan fingerprint density at radius 2 is 2.11 bits per heavy atom. The number of ether oxygens (including phenoxy) is 1. The van der Waals surface area contributed by atoms with Crippen molar-refractivity contribution in [2.24, 2.45) is 5.10 Å². The number of rotatable bonds is 3. The predicted molar refractivity (Wildman–Crippen MR) is 73.6 cm³/mol. The molecule has 0 aliphatic carbocycles. The van der Waals surface area contributed by atoms with Gasteiger partial charge >= 0.3 is 0 Å². The van der Waals surface area contributed by atoms with E-state index in [-0.39, 0.29) is 17.8 Å². The normalized spacial score (nSPS) is 32.7. The van der Waals surface area contributed by atoms with Gasteiger partial charge in [-0.25, -0.2) is 0 Å². The maximum absolute atomic E-state index is 12.5. The number of hydrogen-bond acceptors (Lipinski definition) is 4. The van der Waals surface area contributed by atoms with Gasteiger partial charge in [0.25, 0.3) is 0 Å². The molecule has 5 heteroatoms. The van der Waals surface area contributed by atoms with Gasteiger partial charge in [-0.2, -0.15) is 5.10 Å². The summed E-state index contributed by atoms with van der Waals surface area (Å²) in [4.78, 5) is 12.5. The lowest BCUT2D eigenvalue weighted by Crippen LogP contribution is -2.33. The first kappa shape index (κ1) is 12.6. The Balaban J connectivity index is 1.86. The van der Waals surface area contributed by atoms with Gasteiger partial charge in [-0.3, -0.25) is 4.79 Å². The largest absolute Gasteiger partial charge is 0.358 e. The first-order valence-electron chi connectivity index (χ1n) is 6.31. The van der Waals surface area contributed by atoms with E-state index < -0.39 is 5.60 Å². The lowest BCUT2D eigenvalue weighted by molar-refractivity contribution is -0.117. The molecule has 3 rings (SSSR count). The third-order valence-electron chi connectivity index (χ3n) is 3.92. The molecule has 2 aliphatic heterocycles. The molecular weight excluding hydrogens is 264 g/mol. The predicted octanol–water partition coefficient (Wildman–Crippen LogP) is 2.13. The van der Waals surface area contributed by atoms with E-state index in [0.717, 1.165) is 5.56 Å². The minimum Gasteiger partial charge on any atom is -0.358 e. The summed E-state index contributed by atoms with van der Waals surface area (Å²) in [6.07, 6.45) is -0.0332. The lowest BCUT2D eigenvalue weighted by atomic mass is 9.87. The zero-order valence-corrected chi connectivity index (χ0v) is 11.6. The summed E-state index contributed by atoms with van der Waals surface area (Å²) in [6.45, 7) is 4.35. The Morgan fingerprint density at radius 1 is 1.47 bits per heavy atom. The van der Waals surface area contributed by atoms with Crippen molar-refractivity contribution in [3.8, 4) is 0 Å². The van der Waals surface area contributed by atoms with Crippen molar-refractivity contribution in [1.82, 2.24) is 5.43 Å². The van der Waals surface area contributed by atoms with Gasteiger partial charge in [0.05, 0.1) is 12.0 Å². The Bertz CT molecular complexity index is 555. The van der Waals surface area contributed by atoms with Gasteiger partial charge in [0.15, 0.2) is 5.60 Å². The standard InChI is InChI=1S/C14H15ClN2O2/c1-8-14(2,19-8)13(18)12-11(7-16-17-12)9-3-5-10(15)6-4-9/h3-6,8,11,16H,7H2,1-2H3. The van der Waals surface area contributed by atoms with Gasteiger partial charge in [0, 0.05) is 11.6 Å². The summed E-state index contributed by atoms with van der Waals surface area (Å²) in [7, 11) is 0. The second-order valence-electron chi connectivity index (χ2n) is 5.16. The van der Waals surface area contributed by atoms with Crippen LogP contribution in [0.5, 0.6) is 0 Å². The summed E-state index contributed by atoms with van der Waals surface area (Å²) in [5.41, 5.74) is 3.80. The number of benzene rings is 1. The van der Waals surface area contributed by atoms with Gasteiger partial charge in [-0.05, 0) is 31.5 Å². The highest BCUT2D eigenvalue weighted by molar-refractivity contribution is 6.45. The zero-order valence-electron chi connectivity index (χ0n) is 10.8. The fraction of sp³-hybridized carbons (Fsp3) is 0.429. The average Bonchev–Trinajstić information content (AvgIpc) is 2.82. The van der Waals surface area contributed by atoms with Crippen molar-refractivity contribution in [2.75, 3.05) is 6.54 Å². The molecule has 0 spiro atoms. The quantitative estimate of drug-likeness (QED) is 0.862. The molecular formula is C14H15ClN2O2. The second-order valence-corrected chi connectivity index (χ2v) is 5.60. The first-order chi connectivity index (χ1) is 9.02. The highest BCUT2D eigenvalue weighted by atomic mass is 35.5. The van der Waals surface area contributed by atoms with Crippen LogP contribution in [0.3, 0.4) is 0 Å². The fourth-order valence-corrected chi connectivity index (χ4v) is 2.53. The minimum atomic E-state index is -0.699. The van der Waals surface area contributed by atoms with Crippen LogP contribution in [0.2, 0.25) is 5.02 Å². The first-order valence-corrected chi connectivity index (χ1v) is 6.68. The summed E-state index contributed by atoms with van der Waals surface area (Å²) >= 11 is 5.89. The number of hydrazone groups is 1. The molecule has 2 aliphatic rings. The van der Waals surface area contributed by atoms with Crippen molar-refractivity contribution in [3.05, 3.63) is 34.9 Å². The second kappa shape index (κ2) is 4.32. The van der Waals surface area contributed by atoms with Crippen LogP contribution < -0.4 is 5.43 Å². The van der Waals surface area contributed by atoms with E-state index in [1.165, 1.54) is 0 Å². The number of ketones is 1. The lowest BCUT2D eigenvalue weighted by Gasteiger charge is -2.13. The number of halogens is 1. The summed E-state index contributed by atoms with van der Waals surface area (Å²) < 4.78 is 5.40. The van der Waals surface area contributed by atoms with Crippen molar-refractivity contribution >= 4 is 23.1 Å². The number of carbonyl (C=O) groups is 1. The zero-order chi connectivity index (χ0) is 13.6. The van der Waals surface area contributed by atoms with Gasteiger partial charge in [-0.1, -0.05) is 23.7 Å². The number of carbonyl (C=O) groups excluding carboxylic acids is 1. The summed E-state index contributed by atoms with van der Waals surface area (Å²) in [5.74, 6) is -0.0528. The fourth-order valence-electron chi connectivity index (χ4n) is 2.40. The Kier molecular flexibility index (Phi) is 2.87. The average molecular weight is 279 g/mol. The van der Waals surface area contributed by atoms with Crippen LogP contribution in [0.15, 0.2) is 29.4 Å². The van der Waals surface area contributed by atoms with E-state index in [4.69, 9.17) is 16.3 Å². The van der Waals surface area contributed by atoms with Crippen LogP contribution in [-0.4, -0.2) is 29.7 Å². The number of nitrogens with one attached hydrogen (secondary N) is 1. The third kappa shape index (κ3) is 2.05. The van der Waals surface area contributed by atoms with Crippen molar-refractivity contribution in [1.29, 1.82) is 0 Å². The van der Waals surface area contributed by atoms with E-state index >= 15 is 0 Å². The molecule has 3 unspecified atom stereocenters. The van der Waals surface area contributed by atoms with Crippen LogP contribution in [0.4, 0.5) is 0 Å². The van der Waals surface area contributed by atoms with E-state index in [2.05, 4.69) is 10.5 Å². The highest BCUT2D eigenvalue weighted by Gasteiger charge is 2.57. The number of nitrogens with zero attached hydrogens (tertiary/aromatic N) is 1. The van der Waals surface area contributed by atoms with Gasteiger partial charge in [0.1, 0.15) is 5.71 Å². The van der Waals surface area contributed by atoms with Gasteiger partial charge < -0.3 is 10.2 Å². The molecule has 1 aromatic carbocycles. The summed E-state index contributed by atoms with van der Waals surface area (Å²) in [6, 6.07) is 7.52. The van der Waals surface area contributed by atoms with E-state index in [0.29, 0.717) is 17.3 Å². The van der Waals surface area contributed by atoms with Gasteiger partial charge in [-0.15, -0.1) is 0 Å². The molecule has 1 aromatic rings. The molecule has 0 radical (unpaired) electrons. The molecule has 1 fully saturated rings. The molecule has 0 bridgehead atoms. The Labute approximate surface area is 116 Å². The van der Waals surface area contributed by atoms with Crippen LogP contribution >= 0.6 is 11.6 Å². The molecule has 0 amide bonds. The van der Waals surface area contributed by atoms with E-state index in [1.807, 2.05) is 38.1 Å². The Morgan fingerprint density at radius 3 is 2.68 bits per heavy atom. The van der Waals surface area contributed by atoms with Gasteiger partial charge in [0.2, 0.25) is 5.78 Å². The Hall–Kier alpha value is -1.39. The smallest absolute Gasteiger partial charge is 0.213 e. The molecule has 2 heterocycles. The van der Waals surface area contributed by atoms with Crippen LogP contribution in [0, 0.1) is 0 Å². The number of hydrogen-bond donors (Lipinski definition) is 1. The highest BCUT2D eigenvalue weighted by Crippen LogP contribution is 2.39. The molecule has 4 nitrogen and oxygen atoms in total. The molecule has 19 heavy (non-hydrogen) atoms. The topological polar surface area (TPSA) is 54.0 Å². The molecule has 3 atom stereocenters. The van der Waals surface area contributed by atoms with Crippen LogP contribution in [0.25, 0.3) is 0 Å². The molecule has 0 aromatic heterocycles. The third-order valence-corrected chi connectivity index (χ3v) is 4.17. The summed E-state index contributed by atoms with van der Waals surface area (Å²) in [5, 5.41) is 4.85. The van der Waals surface area contributed by atoms with E-state index in [9.17, 15) is 4.79 Å². The van der Waals surface area contributed by atoms with Crippen molar-refractivity contribution in [3.63, 3.8) is 0 Å². The maximum Gasteiger partial charge on any atom is 0.213 e.